The lowest BCUT2D eigenvalue weighted by Crippen LogP contribution is -2.07. The molecule has 0 atom stereocenters. The summed E-state index contributed by atoms with van der Waals surface area (Å²) in [5.74, 6) is -0.666. The summed E-state index contributed by atoms with van der Waals surface area (Å²) < 4.78 is 6.24. The molecule has 0 bridgehead atoms. The highest BCUT2D eigenvalue weighted by Crippen LogP contribution is 2.16. The predicted molar refractivity (Wildman–Crippen MR) is 102 cm³/mol. The van der Waals surface area contributed by atoms with Crippen LogP contribution in [0.1, 0.15) is 23.0 Å². The van der Waals surface area contributed by atoms with Gasteiger partial charge in [-0.2, -0.15) is 10.4 Å². The third kappa shape index (κ3) is 5.49. The molecule has 144 valence electrons. The maximum Gasteiger partial charge on any atom is 0.342 e. The van der Waals surface area contributed by atoms with E-state index in [2.05, 4.69) is 16.7 Å². The Morgan fingerprint density at radius 2 is 2.25 bits per heavy atom. The summed E-state index contributed by atoms with van der Waals surface area (Å²) >= 11 is 5.98. The molecule has 0 aromatic carbocycles. The van der Waals surface area contributed by atoms with Gasteiger partial charge in [-0.15, -0.1) is 0 Å². The van der Waals surface area contributed by atoms with E-state index in [1.54, 1.807) is 19.1 Å². The topological polar surface area (TPSA) is 123 Å². The van der Waals surface area contributed by atoms with Crippen LogP contribution in [0.4, 0.5) is 0 Å². The number of rotatable bonds is 5. The van der Waals surface area contributed by atoms with Gasteiger partial charge in [-0.05, 0) is 24.1 Å². The highest BCUT2D eigenvalue weighted by atomic mass is 35.5. The number of nitriles is 1. The lowest BCUT2D eigenvalue weighted by molar-refractivity contribution is -0.425. The highest BCUT2D eigenvalue weighted by molar-refractivity contribution is 6.39. The number of nitrogens with zero attached hydrogens (tertiary/aromatic N) is 5. The van der Waals surface area contributed by atoms with Crippen LogP contribution < -0.4 is 0 Å². The van der Waals surface area contributed by atoms with Crippen LogP contribution in [0.2, 0.25) is 0 Å². The van der Waals surface area contributed by atoms with E-state index in [1.165, 1.54) is 23.2 Å². The largest absolute Gasteiger partial charge is 0.462 e. The van der Waals surface area contributed by atoms with Crippen molar-refractivity contribution in [2.75, 3.05) is 13.2 Å². The van der Waals surface area contributed by atoms with E-state index >= 15 is 0 Å². The average Bonchev–Trinajstić information content (AvgIpc) is 3.03. The predicted octanol–water partition coefficient (Wildman–Crippen LogP) is 2.78. The molecule has 2 heterocycles. The van der Waals surface area contributed by atoms with Crippen molar-refractivity contribution >= 4 is 23.8 Å². The van der Waals surface area contributed by atoms with Gasteiger partial charge in [-0.3, -0.25) is 19.8 Å². The lowest BCUT2D eigenvalue weighted by Gasteiger charge is -2.06. The molecule has 9 nitrogen and oxygen atoms in total. The first-order valence-corrected chi connectivity index (χ1v) is 8.48. The van der Waals surface area contributed by atoms with Crippen LogP contribution in [-0.4, -0.2) is 40.0 Å². The molecule has 1 aromatic heterocycles. The van der Waals surface area contributed by atoms with Crippen molar-refractivity contribution in [1.29, 1.82) is 5.26 Å². The van der Waals surface area contributed by atoms with Crippen LogP contribution in [0.3, 0.4) is 0 Å². The molecular weight excluding hydrogens is 386 g/mol. The number of carbonyl (C=O) groups is 1. The Morgan fingerprint density at radius 3 is 2.89 bits per heavy atom. The van der Waals surface area contributed by atoms with E-state index < -0.39 is 10.9 Å². The van der Waals surface area contributed by atoms with Crippen LogP contribution in [-0.2, 0) is 11.3 Å². The van der Waals surface area contributed by atoms with Crippen molar-refractivity contribution in [3.63, 3.8) is 0 Å². The van der Waals surface area contributed by atoms with Crippen molar-refractivity contribution in [3.8, 4) is 6.07 Å². The summed E-state index contributed by atoms with van der Waals surface area (Å²) in [6.07, 6.45) is 7.20. The summed E-state index contributed by atoms with van der Waals surface area (Å²) in [5.41, 5.74) is 0.737. The Morgan fingerprint density at radius 1 is 1.50 bits per heavy atom. The number of ether oxygens (including phenoxy) is 1. The lowest BCUT2D eigenvalue weighted by atomic mass is 10.1. The maximum atomic E-state index is 11.9. The highest BCUT2D eigenvalue weighted by Gasteiger charge is 2.18. The third-order valence-corrected chi connectivity index (χ3v) is 3.66. The quantitative estimate of drug-likeness (QED) is 0.424. The van der Waals surface area contributed by atoms with Crippen LogP contribution in [0.15, 0.2) is 57.9 Å². The standard InChI is InChI=1S/C18H16ClN5O4/c1-3-28-18(25)16-11-23(22-17(16)7-20)10-13-4-12(2)5-14(19)8-21-9-15(6-13)24(26)27/h4-6,8,11H,2-3,9-10H2,1H3/b13-4?,14-5+,15-6+,21-8?. The summed E-state index contributed by atoms with van der Waals surface area (Å²) in [4.78, 5) is 26.6. The van der Waals surface area contributed by atoms with Gasteiger partial charge in [0.25, 0.3) is 5.70 Å². The van der Waals surface area contributed by atoms with Gasteiger partial charge in [0.05, 0.1) is 23.1 Å². The van der Waals surface area contributed by atoms with Gasteiger partial charge in [-0.1, -0.05) is 24.3 Å². The number of halogens is 1. The van der Waals surface area contributed by atoms with E-state index in [-0.39, 0.29) is 41.7 Å². The van der Waals surface area contributed by atoms with Crippen LogP contribution in [0, 0.1) is 21.4 Å². The van der Waals surface area contributed by atoms with Crippen molar-refractivity contribution in [1.82, 2.24) is 9.78 Å². The first-order valence-electron chi connectivity index (χ1n) is 8.10. The van der Waals surface area contributed by atoms with E-state index in [4.69, 9.17) is 16.3 Å². The van der Waals surface area contributed by atoms with Gasteiger partial charge in [0.15, 0.2) is 5.69 Å². The molecule has 0 fully saturated rings. The van der Waals surface area contributed by atoms with Crippen LogP contribution >= 0.6 is 11.6 Å². The van der Waals surface area contributed by atoms with E-state index in [9.17, 15) is 20.2 Å². The number of esters is 1. The van der Waals surface area contributed by atoms with Gasteiger partial charge in [-0.25, -0.2) is 4.79 Å². The molecule has 0 aliphatic carbocycles. The second-order valence-corrected chi connectivity index (χ2v) is 6.04. The smallest absolute Gasteiger partial charge is 0.342 e. The minimum absolute atomic E-state index is 0.0228. The fourth-order valence-electron chi connectivity index (χ4n) is 2.35. The Kier molecular flexibility index (Phi) is 7.01. The number of nitro groups is 1. The van der Waals surface area contributed by atoms with Gasteiger partial charge in [0, 0.05) is 18.5 Å². The number of hydrogen-bond acceptors (Lipinski definition) is 7. The zero-order valence-corrected chi connectivity index (χ0v) is 15.7. The fourth-order valence-corrected chi connectivity index (χ4v) is 2.56. The molecule has 1 aliphatic heterocycles. The number of aliphatic imine (C=N–C) groups is 1. The molecule has 0 saturated carbocycles. The molecule has 0 N–H and O–H groups in total. The first-order chi connectivity index (χ1) is 13.3. The molecular formula is C18H16ClN5O4. The first kappa shape index (κ1) is 20.8. The second-order valence-electron chi connectivity index (χ2n) is 5.61. The molecule has 0 spiro atoms. The maximum absolute atomic E-state index is 11.9. The normalized spacial score (nSPS) is 18.2. The summed E-state index contributed by atoms with van der Waals surface area (Å²) in [6.45, 7) is 5.53. The van der Waals surface area contributed by atoms with E-state index in [1.807, 2.05) is 6.07 Å². The molecule has 1 aromatic rings. The molecule has 0 saturated heterocycles. The van der Waals surface area contributed by atoms with Crippen molar-refractivity contribution in [2.45, 2.75) is 13.5 Å². The van der Waals surface area contributed by atoms with Crippen molar-refractivity contribution in [2.24, 2.45) is 4.99 Å². The SMILES string of the molecule is C=C1C=C(Cn2cc(C(=O)OCC)c(C#N)n2)/C=C(/[N+](=O)[O-])CN=C/C(Cl)=C\1. The minimum atomic E-state index is -0.666. The number of allylic oxidation sites excluding steroid dienone is 6. The summed E-state index contributed by atoms with van der Waals surface area (Å²) in [7, 11) is 0. The monoisotopic (exact) mass is 401 g/mol. The molecule has 0 amide bonds. The average molecular weight is 402 g/mol. The Hall–Kier alpha value is -3.51. The summed E-state index contributed by atoms with van der Waals surface area (Å²) in [5, 5.41) is 24.8. The van der Waals surface area contributed by atoms with E-state index in [0.717, 1.165) is 0 Å². The Bertz CT molecular complexity index is 979. The molecule has 1 aliphatic rings. The van der Waals surface area contributed by atoms with Gasteiger partial charge >= 0.3 is 5.97 Å². The van der Waals surface area contributed by atoms with Crippen LogP contribution in [0.25, 0.3) is 0 Å². The van der Waals surface area contributed by atoms with E-state index in [0.29, 0.717) is 11.1 Å². The third-order valence-electron chi connectivity index (χ3n) is 3.46. The van der Waals surface area contributed by atoms with Gasteiger partial charge in [0.2, 0.25) is 0 Å². The number of hydrogen-bond donors (Lipinski definition) is 0. The number of aromatic nitrogens is 2. The summed E-state index contributed by atoms with van der Waals surface area (Å²) in [6, 6.07) is 1.84. The zero-order valence-electron chi connectivity index (χ0n) is 15.0. The molecule has 0 radical (unpaired) electrons. The second kappa shape index (κ2) is 9.43. The van der Waals surface area contributed by atoms with Gasteiger partial charge in [0.1, 0.15) is 18.2 Å². The zero-order chi connectivity index (χ0) is 20.7. The number of carbonyl (C=O) groups excluding carboxylic acids is 1. The minimum Gasteiger partial charge on any atom is -0.462 e. The van der Waals surface area contributed by atoms with Crippen molar-refractivity contribution < 1.29 is 14.5 Å². The van der Waals surface area contributed by atoms with Gasteiger partial charge < -0.3 is 4.74 Å². The molecule has 28 heavy (non-hydrogen) atoms. The Labute approximate surface area is 165 Å². The van der Waals surface area contributed by atoms with Crippen LogP contribution in [0.5, 0.6) is 0 Å². The molecule has 10 heteroatoms. The fraction of sp³-hybridized carbons (Fsp3) is 0.222. The molecule has 2 rings (SSSR count). The van der Waals surface area contributed by atoms with Crippen molar-refractivity contribution in [3.05, 3.63) is 74.3 Å². The Balaban J connectivity index is 2.43. The molecule has 0 unspecified atom stereocenters.